The Morgan fingerprint density at radius 1 is 1.33 bits per heavy atom. The predicted octanol–water partition coefficient (Wildman–Crippen LogP) is 0.226. The fourth-order valence-electron chi connectivity index (χ4n) is 1.21. The molecule has 0 radical (unpaired) electrons. The lowest BCUT2D eigenvalue weighted by Crippen LogP contribution is -2.46. The van der Waals surface area contributed by atoms with Crippen molar-refractivity contribution < 1.29 is 8.42 Å². The van der Waals surface area contributed by atoms with Gasteiger partial charge in [0.05, 0.1) is 0 Å². The van der Waals surface area contributed by atoms with E-state index in [-0.39, 0.29) is 18.4 Å². The maximum Gasteiger partial charge on any atom is 0.277 e. The van der Waals surface area contributed by atoms with Crippen LogP contribution in [0.1, 0.15) is 27.2 Å². The number of hydrogen-bond acceptors (Lipinski definition) is 3. The van der Waals surface area contributed by atoms with Gasteiger partial charge in [-0.2, -0.15) is 13.1 Å². The minimum absolute atomic E-state index is 0. The van der Waals surface area contributed by atoms with E-state index < -0.39 is 10.2 Å². The number of rotatable bonds is 7. The van der Waals surface area contributed by atoms with Crippen molar-refractivity contribution in [1.82, 2.24) is 9.44 Å². The number of nitrogens with two attached hydrogens (primary N) is 1. The minimum Gasteiger partial charge on any atom is -0.329 e. The van der Waals surface area contributed by atoms with Crippen molar-refractivity contribution in [3.05, 3.63) is 0 Å². The Morgan fingerprint density at radius 2 is 1.87 bits per heavy atom. The van der Waals surface area contributed by atoms with Gasteiger partial charge in [0.25, 0.3) is 10.2 Å². The third-order valence-electron chi connectivity index (χ3n) is 1.70. The van der Waals surface area contributed by atoms with Crippen molar-refractivity contribution in [1.29, 1.82) is 0 Å². The average Bonchev–Trinajstić information content (AvgIpc) is 2.01. The van der Waals surface area contributed by atoms with Gasteiger partial charge in [-0.1, -0.05) is 20.8 Å². The Kier molecular flexibility index (Phi) is 9.68. The van der Waals surface area contributed by atoms with Gasteiger partial charge in [-0.25, -0.2) is 4.72 Å². The van der Waals surface area contributed by atoms with Crippen LogP contribution in [-0.2, 0) is 10.2 Å². The Hall–Kier alpha value is 0.120. The summed E-state index contributed by atoms with van der Waals surface area (Å²) in [4.78, 5) is 0. The zero-order valence-corrected chi connectivity index (χ0v) is 11.1. The first-order valence-corrected chi connectivity index (χ1v) is 6.36. The summed E-state index contributed by atoms with van der Waals surface area (Å²) in [5.74, 6) is 0.424. The van der Waals surface area contributed by atoms with Crippen LogP contribution in [0.3, 0.4) is 0 Å². The summed E-state index contributed by atoms with van der Waals surface area (Å²) in [6.07, 6.45) is 0.751. The molecule has 7 heteroatoms. The largest absolute Gasteiger partial charge is 0.329 e. The maximum absolute atomic E-state index is 11.3. The van der Waals surface area contributed by atoms with Crippen LogP contribution in [0.15, 0.2) is 0 Å². The molecule has 15 heavy (non-hydrogen) atoms. The first-order valence-electron chi connectivity index (χ1n) is 4.88. The Morgan fingerprint density at radius 3 is 2.20 bits per heavy atom. The van der Waals surface area contributed by atoms with Crippen LogP contribution in [0.2, 0.25) is 0 Å². The van der Waals surface area contributed by atoms with Gasteiger partial charge in [0.2, 0.25) is 0 Å². The number of hydrogen-bond donors (Lipinski definition) is 3. The van der Waals surface area contributed by atoms with E-state index in [1.807, 2.05) is 13.8 Å². The van der Waals surface area contributed by atoms with Crippen molar-refractivity contribution in [3.63, 3.8) is 0 Å². The normalized spacial score (nSPS) is 13.7. The average molecular weight is 260 g/mol. The highest BCUT2D eigenvalue weighted by molar-refractivity contribution is 7.87. The second-order valence-electron chi connectivity index (χ2n) is 3.68. The third kappa shape index (κ3) is 9.07. The molecule has 0 amide bonds. The molecule has 0 saturated carbocycles. The molecule has 0 aromatic carbocycles. The SMILES string of the molecule is CCNS(=O)(=O)NC(CN)CC(C)C.Cl. The quantitative estimate of drug-likeness (QED) is 0.612. The highest BCUT2D eigenvalue weighted by atomic mass is 35.5. The smallest absolute Gasteiger partial charge is 0.277 e. The van der Waals surface area contributed by atoms with Crippen molar-refractivity contribution in [3.8, 4) is 0 Å². The monoisotopic (exact) mass is 259 g/mol. The molecule has 0 bridgehead atoms. The zero-order chi connectivity index (χ0) is 11.2. The molecule has 0 aliphatic carbocycles. The van der Waals surface area contributed by atoms with Crippen LogP contribution in [0, 0.1) is 5.92 Å². The van der Waals surface area contributed by atoms with Gasteiger partial charge in [0, 0.05) is 19.1 Å². The van der Waals surface area contributed by atoms with E-state index in [1.54, 1.807) is 6.92 Å². The van der Waals surface area contributed by atoms with Crippen LogP contribution in [-0.4, -0.2) is 27.5 Å². The van der Waals surface area contributed by atoms with Crippen LogP contribution >= 0.6 is 12.4 Å². The van der Waals surface area contributed by atoms with E-state index in [9.17, 15) is 8.42 Å². The zero-order valence-electron chi connectivity index (χ0n) is 9.49. The molecule has 0 aromatic heterocycles. The molecule has 0 rings (SSSR count). The fraction of sp³-hybridized carbons (Fsp3) is 1.00. The van der Waals surface area contributed by atoms with Crippen LogP contribution in [0.25, 0.3) is 0 Å². The lowest BCUT2D eigenvalue weighted by molar-refractivity contribution is 0.462. The van der Waals surface area contributed by atoms with Crippen LogP contribution < -0.4 is 15.2 Å². The second kappa shape index (κ2) is 8.29. The van der Waals surface area contributed by atoms with E-state index in [4.69, 9.17) is 5.73 Å². The summed E-state index contributed by atoms with van der Waals surface area (Å²) in [7, 11) is -3.37. The van der Waals surface area contributed by atoms with Crippen LogP contribution in [0.4, 0.5) is 0 Å². The Labute approximate surface area is 98.8 Å². The van der Waals surface area contributed by atoms with E-state index in [0.29, 0.717) is 19.0 Å². The first kappa shape index (κ1) is 17.5. The summed E-state index contributed by atoms with van der Waals surface area (Å²) < 4.78 is 27.5. The van der Waals surface area contributed by atoms with E-state index in [1.165, 1.54) is 0 Å². The number of nitrogens with one attached hydrogen (secondary N) is 2. The minimum atomic E-state index is -3.37. The lowest BCUT2D eigenvalue weighted by atomic mass is 10.1. The molecule has 4 N–H and O–H groups in total. The Balaban J connectivity index is 0. The maximum atomic E-state index is 11.3. The van der Waals surface area contributed by atoms with Crippen molar-refractivity contribution in [2.24, 2.45) is 11.7 Å². The molecule has 0 aromatic rings. The van der Waals surface area contributed by atoms with Gasteiger partial charge in [0.1, 0.15) is 0 Å². The molecule has 1 unspecified atom stereocenters. The molecule has 0 fully saturated rings. The standard InChI is InChI=1S/C8H21N3O2S.ClH/c1-4-10-14(12,13)11-8(6-9)5-7(2)3;/h7-8,10-11H,4-6,9H2,1-3H3;1H. The first-order chi connectivity index (χ1) is 6.41. The summed E-state index contributed by atoms with van der Waals surface area (Å²) in [5.41, 5.74) is 5.47. The molecule has 0 aliphatic rings. The van der Waals surface area contributed by atoms with Gasteiger partial charge < -0.3 is 5.73 Å². The van der Waals surface area contributed by atoms with Crippen molar-refractivity contribution in [2.45, 2.75) is 33.2 Å². The highest BCUT2D eigenvalue weighted by Gasteiger charge is 2.16. The molecule has 0 heterocycles. The summed E-state index contributed by atoms with van der Waals surface area (Å²) >= 11 is 0. The van der Waals surface area contributed by atoms with E-state index >= 15 is 0 Å². The second-order valence-corrected chi connectivity index (χ2v) is 5.21. The van der Waals surface area contributed by atoms with Crippen molar-refractivity contribution in [2.75, 3.05) is 13.1 Å². The lowest BCUT2D eigenvalue weighted by Gasteiger charge is -2.18. The summed E-state index contributed by atoms with van der Waals surface area (Å²) in [6, 6.07) is -0.181. The topological polar surface area (TPSA) is 84.2 Å². The molecule has 94 valence electrons. The van der Waals surface area contributed by atoms with Gasteiger partial charge in [-0.05, 0) is 12.3 Å². The van der Waals surface area contributed by atoms with Crippen LogP contribution in [0.5, 0.6) is 0 Å². The molecule has 0 spiro atoms. The molecular weight excluding hydrogens is 238 g/mol. The number of halogens is 1. The summed E-state index contributed by atoms with van der Waals surface area (Å²) in [5, 5.41) is 0. The molecule has 5 nitrogen and oxygen atoms in total. The molecule has 0 aliphatic heterocycles. The van der Waals surface area contributed by atoms with E-state index in [2.05, 4.69) is 9.44 Å². The predicted molar refractivity (Wildman–Crippen MR) is 65.3 cm³/mol. The summed E-state index contributed by atoms with van der Waals surface area (Å²) in [6.45, 7) is 6.50. The van der Waals surface area contributed by atoms with Gasteiger partial charge in [-0.15, -0.1) is 12.4 Å². The van der Waals surface area contributed by atoms with Gasteiger partial charge >= 0.3 is 0 Å². The van der Waals surface area contributed by atoms with Crippen molar-refractivity contribution >= 4 is 22.6 Å². The van der Waals surface area contributed by atoms with Gasteiger partial charge in [-0.3, -0.25) is 0 Å². The Bertz CT molecular complexity index is 244. The molecular formula is C8H22ClN3O2S. The molecule has 0 saturated heterocycles. The third-order valence-corrected chi connectivity index (χ3v) is 3.01. The van der Waals surface area contributed by atoms with E-state index in [0.717, 1.165) is 6.42 Å². The molecule has 1 atom stereocenters. The highest BCUT2D eigenvalue weighted by Crippen LogP contribution is 2.04. The fourth-order valence-corrected chi connectivity index (χ4v) is 2.31. The van der Waals surface area contributed by atoms with Gasteiger partial charge in [0.15, 0.2) is 0 Å².